The van der Waals surface area contributed by atoms with Crippen molar-refractivity contribution >= 4 is 40.3 Å². The molecule has 2 unspecified atom stereocenters. The largest absolute Gasteiger partial charge is 0.477 e. The van der Waals surface area contributed by atoms with E-state index in [-0.39, 0.29) is 22.0 Å². The highest BCUT2D eigenvalue weighted by Crippen LogP contribution is 2.43. The number of β-lactam (4-membered cyclic amide) rings is 1. The van der Waals surface area contributed by atoms with E-state index < -0.39 is 12.0 Å². The van der Waals surface area contributed by atoms with E-state index in [4.69, 9.17) is 11.6 Å². The van der Waals surface area contributed by atoms with Crippen molar-refractivity contribution in [1.29, 1.82) is 0 Å². The monoisotopic (exact) mass is 322 g/mol. The van der Waals surface area contributed by atoms with Crippen LogP contribution in [0.4, 0.5) is 0 Å². The topological polar surface area (TPSA) is 70.0 Å². The molecule has 1 saturated heterocycles. The molecule has 0 saturated carbocycles. The fourth-order valence-corrected chi connectivity index (χ4v) is 3.80. The summed E-state index contributed by atoms with van der Waals surface area (Å²) in [5, 5.41) is 9.73. The number of carbonyl (C=O) groups is 2. The molecule has 7 heteroatoms. The van der Waals surface area contributed by atoms with Gasteiger partial charge in [0.05, 0.1) is 0 Å². The molecule has 0 aliphatic carbocycles. The summed E-state index contributed by atoms with van der Waals surface area (Å²) >= 11 is 7.20. The first-order chi connectivity index (χ1) is 10.0. The molecule has 0 aromatic heterocycles. The highest BCUT2D eigenvalue weighted by molar-refractivity contribution is 8.15. The number of hydrogen-bond donors (Lipinski definition) is 1. The molecule has 108 valence electrons. The van der Waals surface area contributed by atoms with Crippen LogP contribution in [0.1, 0.15) is 12.5 Å². The van der Waals surface area contributed by atoms with Gasteiger partial charge >= 0.3 is 5.97 Å². The Balaban J connectivity index is 1.87. The maximum Gasteiger partial charge on any atom is 0.353 e. The molecule has 1 aromatic carbocycles. The van der Waals surface area contributed by atoms with E-state index in [9.17, 15) is 14.7 Å². The van der Waals surface area contributed by atoms with Gasteiger partial charge in [-0.1, -0.05) is 53.7 Å². The van der Waals surface area contributed by atoms with Gasteiger partial charge in [-0.15, -0.1) is 0 Å². The van der Waals surface area contributed by atoms with Gasteiger partial charge in [0, 0.05) is 10.6 Å². The third kappa shape index (κ3) is 2.24. The fourth-order valence-electron chi connectivity index (χ4n) is 2.33. The van der Waals surface area contributed by atoms with Gasteiger partial charge in [0.1, 0.15) is 16.1 Å². The van der Waals surface area contributed by atoms with Crippen LogP contribution >= 0.6 is 23.4 Å². The zero-order chi connectivity index (χ0) is 15.1. The maximum atomic E-state index is 12.1. The van der Waals surface area contributed by atoms with Crippen LogP contribution in [-0.4, -0.2) is 38.3 Å². The molecule has 1 fully saturated rings. The molecule has 1 N–H and O–H groups in total. The van der Waals surface area contributed by atoms with Crippen LogP contribution in [0.3, 0.4) is 0 Å². The number of allylic oxidation sites excluding steroid dienone is 1. The first-order valence-electron chi connectivity index (χ1n) is 6.23. The number of benzene rings is 1. The van der Waals surface area contributed by atoms with Crippen LogP contribution in [0.2, 0.25) is 0 Å². The van der Waals surface area contributed by atoms with Gasteiger partial charge in [0.15, 0.2) is 6.04 Å². The Bertz CT molecular complexity index is 683. The summed E-state index contributed by atoms with van der Waals surface area (Å²) in [6.45, 7) is 1.46. The first kappa shape index (κ1) is 14.2. The summed E-state index contributed by atoms with van der Waals surface area (Å²) in [5.74, 6) is -1.53. The number of aliphatic imine (C=N–C) groups is 1. The minimum Gasteiger partial charge on any atom is -0.477 e. The van der Waals surface area contributed by atoms with Crippen molar-refractivity contribution in [3.05, 3.63) is 46.6 Å². The molecule has 0 radical (unpaired) electrons. The van der Waals surface area contributed by atoms with Crippen molar-refractivity contribution in [3.8, 4) is 0 Å². The predicted octanol–water partition coefficient (Wildman–Crippen LogP) is 2.27. The van der Waals surface area contributed by atoms with E-state index in [2.05, 4.69) is 4.99 Å². The highest BCUT2D eigenvalue weighted by atomic mass is 35.5. The number of fused-ring (bicyclic) bond motifs is 1. The standard InChI is InChI=1S/C14H11ClN2O3S/c1-7(15)10(14(19)20)17-12(18)9-13(17)21-11(16-9)8-5-3-2-4-6-8/h2-6,9,13H,1H3,(H,19,20)/b10-7-. The van der Waals surface area contributed by atoms with Crippen molar-refractivity contribution in [2.24, 2.45) is 4.99 Å². The number of halogens is 1. The molecular formula is C14H11ClN2O3S. The van der Waals surface area contributed by atoms with E-state index >= 15 is 0 Å². The first-order valence-corrected chi connectivity index (χ1v) is 7.49. The number of carboxylic acids is 1. The fraction of sp³-hybridized carbons (Fsp3) is 0.214. The zero-order valence-corrected chi connectivity index (χ0v) is 12.6. The molecule has 0 spiro atoms. The van der Waals surface area contributed by atoms with E-state index in [0.717, 1.165) is 10.6 Å². The average molecular weight is 323 g/mol. The summed E-state index contributed by atoms with van der Waals surface area (Å²) in [5.41, 5.74) is 0.757. The molecule has 3 rings (SSSR count). The normalized spacial score (nSPS) is 25.0. The summed E-state index contributed by atoms with van der Waals surface area (Å²) < 4.78 is 0. The Hall–Kier alpha value is -1.79. The Labute approximate surface area is 130 Å². The predicted molar refractivity (Wildman–Crippen MR) is 81.2 cm³/mol. The van der Waals surface area contributed by atoms with Gasteiger partial charge in [-0.25, -0.2) is 4.79 Å². The Kier molecular flexibility index (Phi) is 3.51. The molecule has 0 bridgehead atoms. The molecule has 2 heterocycles. The van der Waals surface area contributed by atoms with Crippen LogP contribution < -0.4 is 0 Å². The van der Waals surface area contributed by atoms with E-state index in [1.165, 1.54) is 23.6 Å². The van der Waals surface area contributed by atoms with Crippen LogP contribution in [0, 0.1) is 0 Å². The van der Waals surface area contributed by atoms with Crippen molar-refractivity contribution in [1.82, 2.24) is 4.90 Å². The summed E-state index contributed by atoms with van der Waals surface area (Å²) in [6.07, 6.45) is 0. The molecule has 21 heavy (non-hydrogen) atoms. The van der Waals surface area contributed by atoms with Crippen molar-refractivity contribution < 1.29 is 14.7 Å². The smallest absolute Gasteiger partial charge is 0.353 e. The van der Waals surface area contributed by atoms with Crippen LogP contribution in [0.25, 0.3) is 0 Å². The highest BCUT2D eigenvalue weighted by Gasteiger charge is 2.55. The number of carboxylic acid groups (broad SMARTS) is 1. The van der Waals surface area contributed by atoms with Gasteiger partial charge in [0.2, 0.25) is 0 Å². The van der Waals surface area contributed by atoms with Gasteiger partial charge in [-0.05, 0) is 6.92 Å². The zero-order valence-electron chi connectivity index (χ0n) is 11.0. The molecule has 2 aliphatic heterocycles. The van der Waals surface area contributed by atoms with Crippen LogP contribution in [0.15, 0.2) is 46.1 Å². The number of amides is 1. The number of likely N-dealkylation sites (tertiary alicyclic amines) is 1. The third-order valence-corrected chi connectivity index (χ3v) is 4.75. The second-order valence-corrected chi connectivity index (χ2v) is 6.32. The maximum absolute atomic E-state index is 12.1. The van der Waals surface area contributed by atoms with E-state index in [1.54, 1.807) is 0 Å². The third-order valence-electron chi connectivity index (χ3n) is 3.29. The lowest BCUT2D eigenvalue weighted by Gasteiger charge is -2.41. The lowest BCUT2D eigenvalue weighted by molar-refractivity contribution is -0.147. The molecule has 2 atom stereocenters. The average Bonchev–Trinajstić information content (AvgIpc) is 2.85. The lowest BCUT2D eigenvalue weighted by atomic mass is 10.1. The number of hydrogen-bond acceptors (Lipinski definition) is 4. The Morgan fingerprint density at radius 3 is 2.62 bits per heavy atom. The molecule has 5 nitrogen and oxygen atoms in total. The van der Waals surface area contributed by atoms with E-state index in [1.807, 2.05) is 30.3 Å². The minimum absolute atomic E-state index is 0.0862. The van der Waals surface area contributed by atoms with Gasteiger partial charge in [0.25, 0.3) is 5.91 Å². The number of thioether (sulfide) groups is 1. The van der Waals surface area contributed by atoms with E-state index in [0.29, 0.717) is 0 Å². The van der Waals surface area contributed by atoms with Gasteiger partial charge < -0.3 is 5.11 Å². The van der Waals surface area contributed by atoms with Crippen molar-refractivity contribution in [2.45, 2.75) is 18.3 Å². The van der Waals surface area contributed by atoms with Crippen molar-refractivity contribution in [3.63, 3.8) is 0 Å². The quantitative estimate of drug-likeness (QED) is 0.684. The second kappa shape index (κ2) is 5.20. The molecule has 2 aliphatic rings. The SMILES string of the molecule is C/C(Cl)=C(\C(=O)O)N1C(=O)C2N=C(c3ccccc3)SC21. The summed E-state index contributed by atoms with van der Waals surface area (Å²) in [7, 11) is 0. The van der Waals surface area contributed by atoms with Crippen LogP contribution in [-0.2, 0) is 9.59 Å². The van der Waals surface area contributed by atoms with Crippen molar-refractivity contribution in [2.75, 3.05) is 0 Å². The number of aliphatic carboxylic acids is 1. The Morgan fingerprint density at radius 1 is 1.38 bits per heavy atom. The number of nitrogens with zero attached hydrogens (tertiary/aromatic N) is 2. The summed E-state index contributed by atoms with van der Waals surface area (Å²) in [6, 6.07) is 8.99. The minimum atomic E-state index is -1.21. The second-order valence-electron chi connectivity index (χ2n) is 4.65. The summed E-state index contributed by atoms with van der Waals surface area (Å²) in [4.78, 5) is 29.0. The Morgan fingerprint density at radius 2 is 2.05 bits per heavy atom. The molecule has 1 amide bonds. The molecular weight excluding hydrogens is 312 g/mol. The number of rotatable bonds is 3. The number of carbonyl (C=O) groups excluding carboxylic acids is 1. The van der Waals surface area contributed by atoms with Crippen LogP contribution in [0.5, 0.6) is 0 Å². The van der Waals surface area contributed by atoms with Gasteiger partial charge in [-0.3, -0.25) is 14.7 Å². The van der Waals surface area contributed by atoms with Gasteiger partial charge in [-0.2, -0.15) is 0 Å². The molecule has 1 aromatic rings. The lowest BCUT2D eigenvalue weighted by Crippen LogP contribution is -2.61.